The van der Waals surface area contributed by atoms with Crippen LogP contribution in [0.15, 0.2) is 36.5 Å². The van der Waals surface area contributed by atoms with Crippen molar-refractivity contribution in [2.75, 3.05) is 19.8 Å². The fourth-order valence-electron chi connectivity index (χ4n) is 4.48. The van der Waals surface area contributed by atoms with E-state index in [4.69, 9.17) is 26.3 Å². The molecule has 1 aromatic carbocycles. The molecule has 5 rings (SSSR count). The predicted octanol–water partition coefficient (Wildman–Crippen LogP) is 3.17. The van der Waals surface area contributed by atoms with Crippen LogP contribution in [0.25, 0.3) is 0 Å². The molecule has 0 aliphatic heterocycles. The summed E-state index contributed by atoms with van der Waals surface area (Å²) in [6.45, 7) is 0.962. The molecule has 0 unspecified atom stereocenters. The van der Waals surface area contributed by atoms with Gasteiger partial charge in [-0.1, -0.05) is 17.7 Å². The summed E-state index contributed by atoms with van der Waals surface area (Å²) < 4.78 is 24.4. The van der Waals surface area contributed by atoms with Gasteiger partial charge in [-0.25, -0.2) is 9.37 Å². The van der Waals surface area contributed by atoms with Crippen LogP contribution in [0, 0.1) is 17.1 Å². The highest BCUT2D eigenvalue weighted by Crippen LogP contribution is 2.60. The number of carbonyl (C=O) groups is 1. The molecule has 1 amide bonds. The maximum absolute atomic E-state index is 13.4. The first-order valence-electron chi connectivity index (χ1n) is 10.5. The SMILES string of the molecule is N#CCCc1ccc(OCC(=O)NC23CC(NCCOc4ccc(Cl)c(F)c4)(C2)C3)nc1. The molecule has 2 aromatic rings. The first-order valence-corrected chi connectivity index (χ1v) is 10.9. The summed E-state index contributed by atoms with van der Waals surface area (Å²) in [5, 5.41) is 15.2. The van der Waals surface area contributed by atoms with Crippen molar-refractivity contribution in [3.8, 4) is 17.7 Å². The summed E-state index contributed by atoms with van der Waals surface area (Å²) in [7, 11) is 0. The number of carbonyl (C=O) groups excluding carboxylic acids is 1. The molecule has 32 heavy (non-hydrogen) atoms. The van der Waals surface area contributed by atoms with E-state index in [1.807, 2.05) is 6.07 Å². The fourth-order valence-corrected chi connectivity index (χ4v) is 4.59. The van der Waals surface area contributed by atoms with Gasteiger partial charge in [-0.05, 0) is 43.4 Å². The topological polar surface area (TPSA) is 96.3 Å². The van der Waals surface area contributed by atoms with Gasteiger partial charge >= 0.3 is 0 Å². The molecule has 3 saturated carbocycles. The van der Waals surface area contributed by atoms with Gasteiger partial charge in [0.1, 0.15) is 18.2 Å². The minimum Gasteiger partial charge on any atom is -0.492 e. The lowest BCUT2D eigenvalue weighted by molar-refractivity contribution is -0.143. The zero-order valence-corrected chi connectivity index (χ0v) is 18.3. The standard InChI is InChI=1S/C23H24ClFN4O3/c24-18-5-4-17(10-19(18)25)31-9-8-28-22-13-23(14-22,15-22)29-20(30)12-32-21-6-3-16(11-27-21)2-1-7-26/h3-6,10-11,28H,1-2,8-9,12-15H2,(H,29,30). The van der Waals surface area contributed by atoms with E-state index < -0.39 is 5.82 Å². The molecular formula is C23H24ClFN4O3. The van der Waals surface area contributed by atoms with Crippen LogP contribution in [-0.4, -0.2) is 41.7 Å². The number of nitrogens with one attached hydrogen (secondary N) is 2. The van der Waals surface area contributed by atoms with E-state index in [0.717, 1.165) is 24.8 Å². The Kier molecular flexibility index (Phi) is 6.49. The van der Waals surface area contributed by atoms with Crippen LogP contribution in [-0.2, 0) is 11.2 Å². The Morgan fingerprint density at radius 2 is 2.03 bits per heavy atom. The third-order valence-electron chi connectivity index (χ3n) is 5.87. The average molecular weight is 459 g/mol. The van der Waals surface area contributed by atoms with E-state index >= 15 is 0 Å². The molecule has 0 atom stereocenters. The summed E-state index contributed by atoms with van der Waals surface area (Å²) in [5.41, 5.74) is 0.854. The van der Waals surface area contributed by atoms with Gasteiger partial charge in [0.15, 0.2) is 6.61 Å². The number of ether oxygens (including phenoxy) is 2. The molecule has 0 spiro atoms. The van der Waals surface area contributed by atoms with E-state index in [1.165, 1.54) is 12.1 Å². The summed E-state index contributed by atoms with van der Waals surface area (Å²) in [4.78, 5) is 16.4. The van der Waals surface area contributed by atoms with Crippen LogP contribution in [0.1, 0.15) is 31.2 Å². The number of benzene rings is 1. The van der Waals surface area contributed by atoms with Crippen molar-refractivity contribution in [2.45, 2.75) is 43.2 Å². The Balaban J connectivity index is 1.11. The molecule has 1 heterocycles. The fraction of sp³-hybridized carbons (Fsp3) is 0.435. The molecule has 168 valence electrons. The minimum absolute atomic E-state index is 0.0452. The second-order valence-corrected chi connectivity index (χ2v) is 8.85. The second kappa shape index (κ2) is 9.31. The number of aromatic nitrogens is 1. The van der Waals surface area contributed by atoms with Crippen LogP contribution < -0.4 is 20.1 Å². The molecule has 2 bridgehead atoms. The summed E-state index contributed by atoms with van der Waals surface area (Å²) in [6.07, 6.45) is 5.36. The normalized spacial score (nSPS) is 22.8. The van der Waals surface area contributed by atoms with Gasteiger partial charge in [-0.2, -0.15) is 5.26 Å². The monoisotopic (exact) mass is 458 g/mol. The molecule has 3 fully saturated rings. The van der Waals surface area contributed by atoms with Crippen molar-refractivity contribution in [1.82, 2.24) is 15.6 Å². The van der Waals surface area contributed by atoms with Gasteiger partial charge in [0.2, 0.25) is 5.88 Å². The number of nitrogens with zero attached hydrogens (tertiary/aromatic N) is 2. The van der Waals surface area contributed by atoms with E-state index in [1.54, 1.807) is 18.3 Å². The molecule has 2 N–H and O–H groups in total. The molecule has 0 saturated heterocycles. The van der Waals surface area contributed by atoms with Crippen molar-refractivity contribution < 1.29 is 18.7 Å². The van der Waals surface area contributed by atoms with E-state index in [9.17, 15) is 9.18 Å². The highest BCUT2D eigenvalue weighted by Gasteiger charge is 2.68. The van der Waals surface area contributed by atoms with Gasteiger partial charge in [0.25, 0.3) is 5.91 Å². The van der Waals surface area contributed by atoms with E-state index in [-0.39, 0.29) is 28.6 Å². The Bertz CT molecular complexity index is 1010. The van der Waals surface area contributed by atoms with Crippen LogP contribution in [0.4, 0.5) is 4.39 Å². The van der Waals surface area contributed by atoms with Gasteiger partial charge in [-0.3, -0.25) is 4.79 Å². The molecule has 3 aliphatic rings. The summed E-state index contributed by atoms with van der Waals surface area (Å²) in [5.74, 6) is 0.168. The maximum atomic E-state index is 13.4. The minimum atomic E-state index is -0.499. The Hall–Kier alpha value is -2.89. The van der Waals surface area contributed by atoms with Crippen molar-refractivity contribution >= 4 is 17.5 Å². The lowest BCUT2D eigenvalue weighted by atomic mass is 9.44. The maximum Gasteiger partial charge on any atom is 0.258 e. The van der Waals surface area contributed by atoms with Crippen LogP contribution in [0.5, 0.6) is 11.6 Å². The smallest absolute Gasteiger partial charge is 0.258 e. The number of rotatable bonds is 11. The number of amides is 1. The molecule has 0 radical (unpaired) electrons. The lowest BCUT2D eigenvalue weighted by Crippen LogP contribution is -2.83. The van der Waals surface area contributed by atoms with Crippen LogP contribution >= 0.6 is 11.6 Å². The van der Waals surface area contributed by atoms with Gasteiger partial charge in [0.05, 0.1) is 11.1 Å². The van der Waals surface area contributed by atoms with Crippen LogP contribution in [0.3, 0.4) is 0 Å². The predicted molar refractivity (Wildman–Crippen MR) is 116 cm³/mol. The van der Waals surface area contributed by atoms with Crippen molar-refractivity contribution in [2.24, 2.45) is 0 Å². The first kappa shape index (κ1) is 22.3. The highest BCUT2D eigenvalue weighted by atomic mass is 35.5. The molecular weight excluding hydrogens is 435 g/mol. The van der Waals surface area contributed by atoms with Crippen molar-refractivity contribution in [1.29, 1.82) is 5.26 Å². The number of pyridine rings is 1. The Morgan fingerprint density at radius 3 is 2.72 bits per heavy atom. The number of nitriles is 1. The second-order valence-electron chi connectivity index (χ2n) is 8.44. The van der Waals surface area contributed by atoms with Gasteiger partial charge in [-0.15, -0.1) is 0 Å². The quantitative estimate of drug-likeness (QED) is 0.502. The van der Waals surface area contributed by atoms with Gasteiger partial charge in [0, 0.05) is 42.4 Å². The average Bonchev–Trinajstić information content (AvgIpc) is 2.74. The number of aryl methyl sites for hydroxylation is 1. The number of hydrogen-bond acceptors (Lipinski definition) is 6. The number of hydrogen-bond donors (Lipinski definition) is 2. The molecule has 1 aromatic heterocycles. The summed E-state index contributed by atoms with van der Waals surface area (Å²) >= 11 is 5.66. The molecule has 3 aliphatic carbocycles. The molecule has 7 nitrogen and oxygen atoms in total. The van der Waals surface area contributed by atoms with Crippen molar-refractivity contribution in [3.63, 3.8) is 0 Å². The van der Waals surface area contributed by atoms with E-state index in [2.05, 4.69) is 21.7 Å². The van der Waals surface area contributed by atoms with E-state index in [0.29, 0.717) is 37.6 Å². The zero-order valence-electron chi connectivity index (χ0n) is 17.5. The molecule has 9 heteroatoms. The first-order chi connectivity index (χ1) is 15.4. The lowest BCUT2D eigenvalue weighted by Gasteiger charge is -2.70. The number of halogens is 2. The van der Waals surface area contributed by atoms with Crippen molar-refractivity contribution in [3.05, 3.63) is 52.9 Å². The van der Waals surface area contributed by atoms with Crippen LogP contribution in [0.2, 0.25) is 5.02 Å². The summed E-state index contributed by atoms with van der Waals surface area (Å²) in [6, 6.07) is 10.0. The highest BCUT2D eigenvalue weighted by molar-refractivity contribution is 6.30. The third kappa shape index (κ3) is 5.12. The van der Waals surface area contributed by atoms with Gasteiger partial charge < -0.3 is 20.1 Å². The largest absolute Gasteiger partial charge is 0.492 e. The Labute approximate surface area is 190 Å². The Morgan fingerprint density at radius 1 is 1.22 bits per heavy atom. The third-order valence-corrected chi connectivity index (χ3v) is 6.18. The zero-order chi connectivity index (χ0) is 22.6.